The summed E-state index contributed by atoms with van der Waals surface area (Å²) in [6.07, 6.45) is 1.90. The fraction of sp³-hybridized carbons (Fsp3) is 0.312. The average Bonchev–Trinajstić information content (AvgIpc) is 2.87. The van der Waals surface area contributed by atoms with Crippen LogP contribution < -0.4 is 14.8 Å². The standard InChI is InChI=1S/C16H20N2O3/c1-10-6-12(15(21-5)14(7-10)20-4)11-8-13(16(19)17-2)18(3)9-11/h6-9H,1-5H3,(H,17,19). The number of carbonyl (C=O) groups excluding carboxylic acids is 1. The molecule has 2 aromatic rings. The van der Waals surface area contributed by atoms with Gasteiger partial charge >= 0.3 is 0 Å². The van der Waals surface area contributed by atoms with Crippen LogP contribution in [0.5, 0.6) is 11.5 Å². The van der Waals surface area contributed by atoms with E-state index in [0.29, 0.717) is 17.2 Å². The normalized spacial score (nSPS) is 10.3. The van der Waals surface area contributed by atoms with E-state index in [1.807, 2.05) is 38.4 Å². The molecule has 1 aromatic carbocycles. The monoisotopic (exact) mass is 288 g/mol. The maximum absolute atomic E-state index is 11.8. The van der Waals surface area contributed by atoms with Crippen molar-refractivity contribution in [1.29, 1.82) is 0 Å². The van der Waals surface area contributed by atoms with Crippen LogP contribution in [0.3, 0.4) is 0 Å². The van der Waals surface area contributed by atoms with Crippen molar-refractivity contribution in [2.75, 3.05) is 21.3 Å². The average molecular weight is 288 g/mol. The number of hydrogen-bond donors (Lipinski definition) is 1. The van der Waals surface area contributed by atoms with E-state index in [2.05, 4.69) is 5.32 Å². The van der Waals surface area contributed by atoms with Crippen molar-refractivity contribution in [3.8, 4) is 22.6 Å². The molecule has 0 aliphatic carbocycles. The number of hydrogen-bond acceptors (Lipinski definition) is 3. The van der Waals surface area contributed by atoms with Gasteiger partial charge in [-0.05, 0) is 30.7 Å². The Kier molecular flexibility index (Phi) is 4.21. The number of benzene rings is 1. The van der Waals surface area contributed by atoms with Gasteiger partial charge in [0.2, 0.25) is 0 Å². The predicted molar refractivity (Wildman–Crippen MR) is 82.1 cm³/mol. The molecular weight excluding hydrogens is 268 g/mol. The van der Waals surface area contributed by atoms with Crippen LogP contribution in [0.2, 0.25) is 0 Å². The number of aromatic nitrogens is 1. The molecule has 0 radical (unpaired) electrons. The third-order valence-corrected chi connectivity index (χ3v) is 3.40. The Morgan fingerprint density at radius 2 is 1.90 bits per heavy atom. The van der Waals surface area contributed by atoms with Gasteiger partial charge in [0.1, 0.15) is 5.69 Å². The summed E-state index contributed by atoms with van der Waals surface area (Å²) in [5, 5.41) is 2.63. The maximum atomic E-state index is 11.8. The molecule has 1 heterocycles. The van der Waals surface area contributed by atoms with Gasteiger partial charge in [0.15, 0.2) is 11.5 Å². The highest BCUT2D eigenvalue weighted by Gasteiger charge is 2.17. The van der Waals surface area contributed by atoms with Crippen molar-refractivity contribution in [3.05, 3.63) is 35.7 Å². The van der Waals surface area contributed by atoms with Crippen LogP contribution in [-0.2, 0) is 7.05 Å². The van der Waals surface area contributed by atoms with Gasteiger partial charge in [0.05, 0.1) is 14.2 Å². The van der Waals surface area contributed by atoms with E-state index in [1.54, 1.807) is 25.8 Å². The molecule has 0 saturated carbocycles. The Hall–Kier alpha value is -2.43. The van der Waals surface area contributed by atoms with Crippen molar-refractivity contribution in [2.24, 2.45) is 7.05 Å². The molecule has 21 heavy (non-hydrogen) atoms. The van der Waals surface area contributed by atoms with E-state index in [9.17, 15) is 4.79 Å². The summed E-state index contributed by atoms with van der Waals surface area (Å²) in [7, 11) is 6.68. The highest BCUT2D eigenvalue weighted by molar-refractivity contribution is 5.94. The summed E-state index contributed by atoms with van der Waals surface area (Å²) in [6.45, 7) is 1.99. The van der Waals surface area contributed by atoms with Gasteiger partial charge < -0.3 is 19.4 Å². The summed E-state index contributed by atoms with van der Waals surface area (Å²) >= 11 is 0. The number of methoxy groups -OCH3 is 2. The van der Waals surface area contributed by atoms with Crippen LogP contribution in [0.4, 0.5) is 0 Å². The second-order valence-corrected chi connectivity index (χ2v) is 4.85. The van der Waals surface area contributed by atoms with Crippen LogP contribution in [-0.4, -0.2) is 31.7 Å². The molecule has 112 valence electrons. The number of aryl methyl sites for hydroxylation is 2. The highest BCUT2D eigenvalue weighted by Crippen LogP contribution is 2.39. The molecule has 0 atom stereocenters. The topological polar surface area (TPSA) is 52.5 Å². The van der Waals surface area contributed by atoms with Crippen molar-refractivity contribution >= 4 is 5.91 Å². The Balaban J connectivity index is 2.61. The molecule has 0 bridgehead atoms. The lowest BCUT2D eigenvalue weighted by atomic mass is 10.0. The van der Waals surface area contributed by atoms with E-state index >= 15 is 0 Å². The first-order valence-corrected chi connectivity index (χ1v) is 6.63. The van der Waals surface area contributed by atoms with Crippen molar-refractivity contribution in [1.82, 2.24) is 9.88 Å². The lowest BCUT2D eigenvalue weighted by Crippen LogP contribution is -2.20. The van der Waals surface area contributed by atoms with E-state index in [0.717, 1.165) is 16.7 Å². The first-order valence-electron chi connectivity index (χ1n) is 6.63. The van der Waals surface area contributed by atoms with Crippen LogP contribution >= 0.6 is 0 Å². The minimum Gasteiger partial charge on any atom is -0.493 e. The van der Waals surface area contributed by atoms with Crippen LogP contribution in [0.15, 0.2) is 24.4 Å². The minimum absolute atomic E-state index is 0.123. The number of carbonyl (C=O) groups is 1. The number of nitrogens with zero attached hydrogens (tertiary/aromatic N) is 1. The van der Waals surface area contributed by atoms with Crippen LogP contribution in [0, 0.1) is 6.92 Å². The van der Waals surface area contributed by atoms with E-state index in [-0.39, 0.29) is 5.91 Å². The third-order valence-electron chi connectivity index (χ3n) is 3.40. The number of ether oxygens (including phenoxy) is 2. The van der Waals surface area contributed by atoms with E-state index in [1.165, 1.54) is 0 Å². The van der Waals surface area contributed by atoms with Crippen molar-refractivity contribution in [3.63, 3.8) is 0 Å². The first kappa shape index (κ1) is 15.0. The lowest BCUT2D eigenvalue weighted by molar-refractivity contribution is 0.0955. The van der Waals surface area contributed by atoms with Crippen molar-refractivity contribution in [2.45, 2.75) is 6.92 Å². The fourth-order valence-electron chi connectivity index (χ4n) is 2.38. The van der Waals surface area contributed by atoms with Gasteiger partial charge in [-0.2, -0.15) is 0 Å². The Bertz CT molecular complexity index is 674. The number of amides is 1. The van der Waals surface area contributed by atoms with Crippen molar-refractivity contribution < 1.29 is 14.3 Å². The zero-order valence-corrected chi connectivity index (χ0v) is 13.0. The van der Waals surface area contributed by atoms with Gasteiger partial charge in [-0.15, -0.1) is 0 Å². The summed E-state index contributed by atoms with van der Waals surface area (Å²) in [6, 6.07) is 5.78. The highest BCUT2D eigenvalue weighted by atomic mass is 16.5. The summed E-state index contributed by atoms with van der Waals surface area (Å²) < 4.78 is 12.6. The van der Waals surface area contributed by atoms with Crippen LogP contribution in [0.1, 0.15) is 16.1 Å². The Morgan fingerprint density at radius 3 is 2.48 bits per heavy atom. The lowest BCUT2D eigenvalue weighted by Gasteiger charge is -2.13. The van der Waals surface area contributed by atoms with Gasteiger partial charge in [-0.1, -0.05) is 0 Å². The maximum Gasteiger partial charge on any atom is 0.267 e. The Labute approximate surface area is 124 Å². The molecule has 1 N–H and O–H groups in total. The van der Waals surface area contributed by atoms with E-state index < -0.39 is 0 Å². The van der Waals surface area contributed by atoms with Gasteiger partial charge in [0.25, 0.3) is 5.91 Å². The molecule has 0 aliphatic heterocycles. The molecule has 1 amide bonds. The number of rotatable bonds is 4. The van der Waals surface area contributed by atoms with E-state index in [4.69, 9.17) is 9.47 Å². The third kappa shape index (κ3) is 2.72. The molecular formula is C16H20N2O3. The summed E-state index contributed by atoms with van der Waals surface area (Å²) in [4.78, 5) is 11.8. The smallest absolute Gasteiger partial charge is 0.267 e. The van der Waals surface area contributed by atoms with Gasteiger partial charge in [-0.25, -0.2) is 0 Å². The van der Waals surface area contributed by atoms with Gasteiger partial charge in [-0.3, -0.25) is 4.79 Å². The molecule has 5 nitrogen and oxygen atoms in total. The van der Waals surface area contributed by atoms with Gasteiger partial charge in [0, 0.05) is 31.4 Å². The molecule has 5 heteroatoms. The predicted octanol–water partition coefficient (Wildman–Crippen LogP) is 2.38. The Morgan fingerprint density at radius 1 is 1.19 bits per heavy atom. The largest absolute Gasteiger partial charge is 0.493 e. The fourth-order valence-corrected chi connectivity index (χ4v) is 2.38. The molecule has 0 spiro atoms. The zero-order chi connectivity index (χ0) is 15.6. The molecule has 0 saturated heterocycles. The quantitative estimate of drug-likeness (QED) is 0.939. The van der Waals surface area contributed by atoms with Crippen LogP contribution in [0.25, 0.3) is 11.1 Å². The molecule has 0 unspecified atom stereocenters. The molecule has 1 aromatic heterocycles. The zero-order valence-electron chi connectivity index (χ0n) is 13.0. The summed E-state index contributed by atoms with van der Waals surface area (Å²) in [5.41, 5.74) is 3.47. The molecule has 2 rings (SSSR count). The number of nitrogens with one attached hydrogen (secondary N) is 1. The SMILES string of the molecule is CNC(=O)c1cc(-c2cc(C)cc(OC)c2OC)cn1C. The minimum atomic E-state index is -0.123. The second kappa shape index (κ2) is 5.91. The summed E-state index contributed by atoms with van der Waals surface area (Å²) in [5.74, 6) is 1.22. The molecule has 0 fully saturated rings. The molecule has 0 aliphatic rings. The second-order valence-electron chi connectivity index (χ2n) is 4.85. The first-order chi connectivity index (χ1) is 10.0.